The number of hydrogen-bond acceptors (Lipinski definition) is 3. The fourth-order valence-electron chi connectivity index (χ4n) is 3.30. The molecule has 6 heteroatoms. The molecule has 1 fully saturated rings. The minimum Gasteiger partial charge on any atom is -0.326 e. The summed E-state index contributed by atoms with van der Waals surface area (Å²) in [5.74, 6) is -0.948. The average molecular weight is 369 g/mol. The molecular weight excluding hydrogens is 345 g/mol. The minimum atomic E-state index is -0.461. The number of carbonyl (C=O) groups excluding carboxylic acids is 2. The van der Waals surface area contributed by atoms with Gasteiger partial charge in [0.15, 0.2) is 0 Å². The van der Waals surface area contributed by atoms with Crippen LogP contribution < -0.4 is 10.6 Å². The van der Waals surface area contributed by atoms with Gasteiger partial charge in [-0.25, -0.2) is 4.39 Å². The van der Waals surface area contributed by atoms with Gasteiger partial charge in [0.25, 0.3) is 0 Å². The van der Waals surface area contributed by atoms with Gasteiger partial charge in [-0.1, -0.05) is 30.3 Å². The van der Waals surface area contributed by atoms with Crippen molar-refractivity contribution in [1.82, 2.24) is 4.90 Å². The van der Waals surface area contributed by atoms with E-state index >= 15 is 0 Å². The molecule has 0 saturated carbocycles. The van der Waals surface area contributed by atoms with E-state index in [0.717, 1.165) is 25.1 Å². The summed E-state index contributed by atoms with van der Waals surface area (Å²) in [7, 11) is 0. The first-order valence-electron chi connectivity index (χ1n) is 9.20. The summed E-state index contributed by atoms with van der Waals surface area (Å²) in [5.41, 5.74) is 0.940. The third kappa shape index (κ3) is 4.92. The molecule has 5 nitrogen and oxygen atoms in total. The van der Waals surface area contributed by atoms with E-state index in [4.69, 9.17) is 0 Å². The number of likely N-dealkylation sites (tertiary alicyclic amines) is 1. The third-order valence-corrected chi connectivity index (χ3v) is 4.92. The number of nitrogens with zero attached hydrogens (tertiary/aromatic N) is 1. The van der Waals surface area contributed by atoms with Gasteiger partial charge >= 0.3 is 0 Å². The lowest BCUT2D eigenvalue weighted by molar-refractivity contribution is -0.125. The number of amides is 2. The maximum atomic E-state index is 13.7. The number of carbonyl (C=O) groups is 2. The van der Waals surface area contributed by atoms with Crippen molar-refractivity contribution in [2.75, 3.05) is 23.7 Å². The zero-order valence-corrected chi connectivity index (χ0v) is 15.3. The summed E-state index contributed by atoms with van der Waals surface area (Å²) >= 11 is 0. The molecule has 2 amide bonds. The Morgan fingerprint density at radius 3 is 2.52 bits per heavy atom. The highest BCUT2D eigenvalue weighted by Gasteiger charge is 2.31. The highest BCUT2D eigenvalue weighted by molar-refractivity contribution is 5.95. The van der Waals surface area contributed by atoms with E-state index in [-0.39, 0.29) is 23.4 Å². The molecule has 0 aromatic heterocycles. The van der Waals surface area contributed by atoms with Gasteiger partial charge in [-0.05, 0) is 50.6 Å². The van der Waals surface area contributed by atoms with Crippen molar-refractivity contribution >= 4 is 23.2 Å². The molecule has 0 bridgehead atoms. The normalized spacial score (nSPS) is 18.5. The zero-order chi connectivity index (χ0) is 19.2. The summed E-state index contributed by atoms with van der Waals surface area (Å²) in [6.07, 6.45) is 1.63. The van der Waals surface area contributed by atoms with Crippen molar-refractivity contribution in [3.8, 4) is 0 Å². The molecule has 1 saturated heterocycles. The van der Waals surface area contributed by atoms with Crippen LogP contribution in [-0.4, -0.2) is 35.8 Å². The van der Waals surface area contributed by atoms with Crippen LogP contribution in [-0.2, 0) is 9.59 Å². The first-order valence-corrected chi connectivity index (χ1v) is 9.20. The molecule has 0 aliphatic carbocycles. The van der Waals surface area contributed by atoms with Crippen LogP contribution in [0.15, 0.2) is 54.6 Å². The Bertz CT molecular complexity index is 797. The molecule has 2 N–H and O–H groups in total. The maximum Gasteiger partial charge on any atom is 0.241 e. The molecule has 0 unspecified atom stereocenters. The maximum absolute atomic E-state index is 13.7. The molecule has 2 aromatic rings. The van der Waals surface area contributed by atoms with Gasteiger partial charge in [-0.3, -0.25) is 14.5 Å². The van der Waals surface area contributed by atoms with Crippen molar-refractivity contribution < 1.29 is 14.0 Å². The Balaban J connectivity index is 1.59. The standard InChI is InChI=1S/C21H24FN3O2/c1-15(20(26)24-19-12-6-5-11-18(19)22)25-13-7-8-16(14-25)21(27)23-17-9-3-2-4-10-17/h2-6,9-12,15-16H,7-8,13-14H2,1H3,(H,23,27)(H,24,26)/t15-,16+/m1/s1. The second-order valence-corrected chi connectivity index (χ2v) is 6.83. The molecule has 1 heterocycles. The predicted octanol–water partition coefficient (Wildman–Crippen LogP) is 3.50. The van der Waals surface area contributed by atoms with Crippen molar-refractivity contribution in [1.29, 1.82) is 0 Å². The fraction of sp³-hybridized carbons (Fsp3) is 0.333. The highest BCUT2D eigenvalue weighted by atomic mass is 19.1. The summed E-state index contributed by atoms with van der Waals surface area (Å²) in [5, 5.41) is 5.57. The molecular formula is C21H24FN3O2. The Kier molecular flexibility index (Phi) is 6.19. The number of piperidine rings is 1. The molecule has 0 radical (unpaired) electrons. The van der Waals surface area contributed by atoms with Crippen LogP contribution in [0.4, 0.5) is 15.8 Å². The second-order valence-electron chi connectivity index (χ2n) is 6.83. The van der Waals surface area contributed by atoms with Crippen LogP contribution in [0, 0.1) is 11.7 Å². The van der Waals surface area contributed by atoms with Crippen LogP contribution in [0.2, 0.25) is 0 Å². The molecule has 142 valence electrons. The van der Waals surface area contributed by atoms with Gasteiger partial charge in [0.2, 0.25) is 11.8 Å². The largest absolute Gasteiger partial charge is 0.326 e. The number of rotatable bonds is 5. The van der Waals surface area contributed by atoms with Gasteiger partial charge in [0, 0.05) is 12.2 Å². The van der Waals surface area contributed by atoms with E-state index in [2.05, 4.69) is 10.6 Å². The van der Waals surface area contributed by atoms with Crippen LogP contribution in [0.3, 0.4) is 0 Å². The summed E-state index contributed by atoms with van der Waals surface area (Å²) in [6.45, 7) is 3.03. The minimum absolute atomic E-state index is 0.0346. The third-order valence-electron chi connectivity index (χ3n) is 4.92. The Hall–Kier alpha value is -2.73. The Labute approximate surface area is 158 Å². The fourth-order valence-corrected chi connectivity index (χ4v) is 3.30. The molecule has 2 aromatic carbocycles. The van der Waals surface area contributed by atoms with E-state index in [1.54, 1.807) is 19.1 Å². The van der Waals surface area contributed by atoms with Gasteiger partial charge in [0.05, 0.1) is 17.6 Å². The summed E-state index contributed by atoms with van der Waals surface area (Å²) < 4.78 is 13.7. The van der Waals surface area contributed by atoms with Gasteiger partial charge in [-0.15, -0.1) is 0 Å². The van der Waals surface area contributed by atoms with Crippen molar-refractivity contribution in [3.05, 3.63) is 60.4 Å². The van der Waals surface area contributed by atoms with Crippen molar-refractivity contribution in [2.45, 2.75) is 25.8 Å². The number of hydrogen-bond donors (Lipinski definition) is 2. The van der Waals surface area contributed by atoms with Gasteiger partial charge in [-0.2, -0.15) is 0 Å². The van der Waals surface area contributed by atoms with E-state index in [1.807, 2.05) is 35.2 Å². The molecule has 1 aliphatic rings. The predicted molar refractivity (Wildman–Crippen MR) is 104 cm³/mol. The van der Waals surface area contributed by atoms with E-state index in [1.165, 1.54) is 12.1 Å². The summed E-state index contributed by atoms with van der Waals surface area (Å²) in [4.78, 5) is 27.0. The Morgan fingerprint density at radius 2 is 1.78 bits per heavy atom. The molecule has 3 rings (SSSR count). The van der Waals surface area contributed by atoms with Crippen LogP contribution >= 0.6 is 0 Å². The smallest absolute Gasteiger partial charge is 0.241 e. The van der Waals surface area contributed by atoms with Gasteiger partial charge < -0.3 is 10.6 Å². The SMILES string of the molecule is C[C@H](C(=O)Nc1ccccc1F)N1CCC[C@H](C(=O)Nc2ccccc2)C1. The zero-order valence-electron chi connectivity index (χ0n) is 15.3. The lowest BCUT2D eigenvalue weighted by Gasteiger charge is -2.35. The lowest BCUT2D eigenvalue weighted by atomic mass is 9.95. The monoisotopic (exact) mass is 369 g/mol. The number of nitrogens with one attached hydrogen (secondary N) is 2. The van der Waals surface area contributed by atoms with Crippen molar-refractivity contribution in [2.24, 2.45) is 5.92 Å². The number of halogens is 1. The molecule has 2 atom stereocenters. The Morgan fingerprint density at radius 1 is 1.07 bits per heavy atom. The summed E-state index contributed by atoms with van der Waals surface area (Å²) in [6, 6.07) is 15.0. The van der Waals surface area contributed by atoms with Crippen LogP contribution in [0.1, 0.15) is 19.8 Å². The second kappa shape index (κ2) is 8.77. The van der Waals surface area contributed by atoms with Gasteiger partial charge in [0.1, 0.15) is 5.82 Å². The first-order chi connectivity index (χ1) is 13.0. The molecule has 0 spiro atoms. The number of benzene rings is 2. The number of para-hydroxylation sites is 2. The van der Waals surface area contributed by atoms with E-state index < -0.39 is 11.9 Å². The first kappa shape index (κ1) is 19.0. The highest BCUT2D eigenvalue weighted by Crippen LogP contribution is 2.21. The lowest BCUT2D eigenvalue weighted by Crippen LogP contribution is -2.49. The van der Waals surface area contributed by atoms with Crippen LogP contribution in [0.25, 0.3) is 0 Å². The quantitative estimate of drug-likeness (QED) is 0.848. The van der Waals surface area contributed by atoms with E-state index in [9.17, 15) is 14.0 Å². The number of anilines is 2. The average Bonchev–Trinajstić information content (AvgIpc) is 2.70. The molecule has 27 heavy (non-hydrogen) atoms. The molecule has 1 aliphatic heterocycles. The van der Waals surface area contributed by atoms with E-state index in [0.29, 0.717) is 6.54 Å². The van der Waals surface area contributed by atoms with Crippen LogP contribution in [0.5, 0.6) is 0 Å². The van der Waals surface area contributed by atoms with Crippen molar-refractivity contribution in [3.63, 3.8) is 0 Å². The topological polar surface area (TPSA) is 61.4 Å².